The topological polar surface area (TPSA) is 24.4 Å². The Labute approximate surface area is 109 Å². The zero-order valence-electron chi connectivity index (χ0n) is 8.89. The van der Waals surface area contributed by atoms with Crippen molar-refractivity contribution in [3.05, 3.63) is 0 Å². The highest BCUT2D eigenvalue weighted by Gasteiger charge is 2.03. The number of halogens is 1. The fourth-order valence-corrected chi connectivity index (χ4v) is 2.28. The van der Waals surface area contributed by atoms with Gasteiger partial charge >= 0.3 is 0 Å². The van der Waals surface area contributed by atoms with E-state index in [0.29, 0.717) is 0 Å². The molecule has 0 bridgehead atoms. The van der Waals surface area contributed by atoms with Crippen molar-refractivity contribution < 1.29 is 24.0 Å². The van der Waals surface area contributed by atoms with Crippen molar-refractivity contribution in [3.8, 4) is 0 Å². The monoisotopic (exact) mass is 327 g/mol. The number of nitrogens with one attached hydrogen (secondary N) is 1. The van der Waals surface area contributed by atoms with Crippen LogP contribution in [0.25, 0.3) is 0 Å². The molecule has 1 aliphatic heterocycles. The third-order valence-electron chi connectivity index (χ3n) is 2.13. The Hall–Kier alpha value is 0.550. The third kappa shape index (κ3) is 6.92. The molecule has 0 atom stereocenters. The normalized spacial score (nSPS) is 14.5. The predicted molar refractivity (Wildman–Crippen MR) is 61.5 cm³/mol. The van der Waals surface area contributed by atoms with Gasteiger partial charge in [-0.25, -0.2) is 0 Å². The number of amidine groups is 1. The van der Waals surface area contributed by atoms with Gasteiger partial charge in [0.15, 0.2) is 5.17 Å². The SMILES string of the molecule is CCCCCCCSC1=NCCN1.[I-]. The first kappa shape index (κ1) is 14.6. The summed E-state index contributed by atoms with van der Waals surface area (Å²) in [5.74, 6) is 1.23. The van der Waals surface area contributed by atoms with Gasteiger partial charge in [0.2, 0.25) is 0 Å². The Morgan fingerprint density at radius 2 is 2.07 bits per heavy atom. The predicted octanol–water partition coefficient (Wildman–Crippen LogP) is -0.347. The number of rotatable bonds is 6. The quantitative estimate of drug-likeness (QED) is 0.533. The van der Waals surface area contributed by atoms with E-state index in [1.807, 2.05) is 11.8 Å². The molecule has 0 aromatic rings. The van der Waals surface area contributed by atoms with Gasteiger partial charge < -0.3 is 29.3 Å². The molecular formula is C10H20IN2S-. The Balaban J connectivity index is 0.00000169. The largest absolute Gasteiger partial charge is 1.00 e. The highest BCUT2D eigenvalue weighted by Crippen LogP contribution is 2.10. The maximum absolute atomic E-state index is 4.34. The summed E-state index contributed by atoms with van der Waals surface area (Å²) in [5, 5.41) is 4.43. The highest BCUT2D eigenvalue weighted by atomic mass is 127. The van der Waals surface area contributed by atoms with Gasteiger partial charge in [-0.1, -0.05) is 44.4 Å². The van der Waals surface area contributed by atoms with Crippen LogP contribution < -0.4 is 29.3 Å². The maximum Gasteiger partial charge on any atom is 0.156 e. The molecule has 0 saturated heterocycles. The van der Waals surface area contributed by atoms with Crippen LogP contribution in [0.15, 0.2) is 4.99 Å². The number of hydrogen-bond acceptors (Lipinski definition) is 3. The molecule has 1 aliphatic rings. The lowest BCUT2D eigenvalue weighted by atomic mass is 10.2. The minimum atomic E-state index is 0. The van der Waals surface area contributed by atoms with Crippen LogP contribution in [0.2, 0.25) is 0 Å². The van der Waals surface area contributed by atoms with Crippen molar-refractivity contribution in [1.29, 1.82) is 0 Å². The third-order valence-corrected chi connectivity index (χ3v) is 3.17. The maximum atomic E-state index is 4.34. The average Bonchev–Trinajstić information content (AvgIpc) is 2.63. The van der Waals surface area contributed by atoms with Gasteiger partial charge in [0.05, 0.1) is 6.54 Å². The van der Waals surface area contributed by atoms with E-state index < -0.39 is 0 Å². The summed E-state index contributed by atoms with van der Waals surface area (Å²) in [4.78, 5) is 4.34. The van der Waals surface area contributed by atoms with Crippen molar-refractivity contribution in [2.75, 3.05) is 18.8 Å². The number of thioether (sulfide) groups is 1. The minimum absolute atomic E-state index is 0. The fourth-order valence-electron chi connectivity index (χ4n) is 1.35. The Kier molecular flexibility index (Phi) is 10.5. The van der Waals surface area contributed by atoms with Crippen molar-refractivity contribution in [2.45, 2.75) is 39.0 Å². The van der Waals surface area contributed by atoms with E-state index in [4.69, 9.17) is 0 Å². The molecule has 1 heterocycles. The van der Waals surface area contributed by atoms with Crippen molar-refractivity contribution in [1.82, 2.24) is 5.32 Å². The van der Waals surface area contributed by atoms with Gasteiger partial charge in [0, 0.05) is 12.3 Å². The Bertz CT molecular complexity index is 162. The molecule has 84 valence electrons. The molecule has 4 heteroatoms. The van der Waals surface area contributed by atoms with E-state index >= 15 is 0 Å². The Morgan fingerprint density at radius 3 is 2.71 bits per heavy atom. The zero-order chi connectivity index (χ0) is 9.36. The lowest BCUT2D eigenvalue weighted by molar-refractivity contribution is -0.00000282. The van der Waals surface area contributed by atoms with E-state index in [1.54, 1.807) is 0 Å². The smallest absolute Gasteiger partial charge is 0.156 e. The number of hydrogen-bond donors (Lipinski definition) is 1. The number of unbranched alkanes of at least 4 members (excludes halogenated alkanes) is 4. The van der Waals surface area contributed by atoms with Gasteiger partial charge in [-0.15, -0.1) is 0 Å². The highest BCUT2D eigenvalue weighted by molar-refractivity contribution is 8.13. The fraction of sp³-hybridized carbons (Fsp3) is 0.900. The first-order valence-electron chi connectivity index (χ1n) is 5.34. The molecule has 1 rings (SSSR count). The summed E-state index contributed by atoms with van der Waals surface area (Å²) >= 11 is 1.88. The summed E-state index contributed by atoms with van der Waals surface area (Å²) < 4.78 is 0. The van der Waals surface area contributed by atoms with Crippen LogP contribution >= 0.6 is 11.8 Å². The van der Waals surface area contributed by atoms with Crippen LogP contribution in [0, 0.1) is 0 Å². The average molecular weight is 327 g/mol. The molecule has 0 saturated carbocycles. The number of aliphatic imine (C=N–C) groups is 1. The Morgan fingerprint density at radius 1 is 1.29 bits per heavy atom. The first-order chi connectivity index (χ1) is 6.43. The van der Waals surface area contributed by atoms with Gasteiger partial charge in [-0.3, -0.25) is 4.99 Å². The van der Waals surface area contributed by atoms with Crippen LogP contribution in [-0.4, -0.2) is 24.0 Å². The minimum Gasteiger partial charge on any atom is -1.00 e. The molecule has 0 spiro atoms. The van der Waals surface area contributed by atoms with Gasteiger partial charge in [0.25, 0.3) is 0 Å². The van der Waals surface area contributed by atoms with E-state index in [2.05, 4.69) is 17.2 Å². The zero-order valence-corrected chi connectivity index (χ0v) is 11.9. The summed E-state index contributed by atoms with van der Waals surface area (Å²) in [6, 6.07) is 0. The molecular weight excluding hydrogens is 307 g/mol. The summed E-state index contributed by atoms with van der Waals surface area (Å²) in [6.07, 6.45) is 6.85. The van der Waals surface area contributed by atoms with Crippen LogP contribution in [0.1, 0.15) is 39.0 Å². The second-order valence-electron chi connectivity index (χ2n) is 3.38. The molecule has 0 fully saturated rings. The molecule has 0 aromatic carbocycles. The van der Waals surface area contributed by atoms with Gasteiger partial charge in [0.1, 0.15) is 0 Å². The molecule has 0 unspecified atom stereocenters. The summed E-state index contributed by atoms with van der Waals surface area (Å²) in [7, 11) is 0. The molecule has 1 N–H and O–H groups in total. The van der Waals surface area contributed by atoms with Crippen molar-refractivity contribution in [2.24, 2.45) is 4.99 Å². The van der Waals surface area contributed by atoms with E-state index in [9.17, 15) is 0 Å². The summed E-state index contributed by atoms with van der Waals surface area (Å²) in [5.41, 5.74) is 0. The molecule has 0 radical (unpaired) electrons. The first-order valence-corrected chi connectivity index (χ1v) is 6.33. The van der Waals surface area contributed by atoms with Crippen LogP contribution in [-0.2, 0) is 0 Å². The van der Waals surface area contributed by atoms with Gasteiger partial charge in [-0.05, 0) is 6.42 Å². The second kappa shape index (κ2) is 10.1. The van der Waals surface area contributed by atoms with E-state index in [-0.39, 0.29) is 24.0 Å². The molecule has 0 aromatic heterocycles. The van der Waals surface area contributed by atoms with E-state index in [0.717, 1.165) is 18.3 Å². The van der Waals surface area contributed by atoms with Crippen molar-refractivity contribution >= 4 is 16.9 Å². The standard InChI is InChI=1S/C10H20N2S.HI/c1-2-3-4-5-6-9-13-10-11-7-8-12-10;/h2-9H2,1H3,(H,11,12);1H/p-1. The molecule has 14 heavy (non-hydrogen) atoms. The molecule has 2 nitrogen and oxygen atoms in total. The van der Waals surface area contributed by atoms with E-state index in [1.165, 1.54) is 37.9 Å². The lowest BCUT2D eigenvalue weighted by Crippen LogP contribution is -3.00. The van der Waals surface area contributed by atoms with Crippen LogP contribution in [0.4, 0.5) is 0 Å². The van der Waals surface area contributed by atoms with Crippen LogP contribution in [0.5, 0.6) is 0 Å². The summed E-state index contributed by atoms with van der Waals surface area (Å²) in [6.45, 7) is 4.27. The van der Waals surface area contributed by atoms with Crippen LogP contribution in [0.3, 0.4) is 0 Å². The molecule has 0 amide bonds. The van der Waals surface area contributed by atoms with Gasteiger partial charge in [-0.2, -0.15) is 0 Å². The second-order valence-corrected chi connectivity index (χ2v) is 4.46. The molecule has 0 aliphatic carbocycles. The van der Waals surface area contributed by atoms with Crippen molar-refractivity contribution in [3.63, 3.8) is 0 Å². The number of nitrogens with zero attached hydrogens (tertiary/aromatic N) is 1. The lowest BCUT2D eigenvalue weighted by Gasteiger charge is -2.01.